The van der Waals surface area contributed by atoms with Crippen LogP contribution in [0, 0.1) is 11.8 Å². The van der Waals surface area contributed by atoms with Crippen molar-refractivity contribution < 1.29 is 9.59 Å². The summed E-state index contributed by atoms with van der Waals surface area (Å²) < 4.78 is 0. The maximum absolute atomic E-state index is 12.7. The Morgan fingerprint density at radius 3 is 2.62 bits per heavy atom. The Kier molecular flexibility index (Phi) is 9.41. The molecule has 4 N–H and O–H groups in total. The van der Waals surface area contributed by atoms with E-state index in [2.05, 4.69) is 10.6 Å². The largest absolute Gasteiger partial charge is 0.349 e. The molecule has 0 saturated heterocycles. The first-order valence-electron chi connectivity index (χ1n) is 9.01. The Bertz CT molecular complexity index is 623. The van der Waals surface area contributed by atoms with Gasteiger partial charge in [0.05, 0.1) is 10.6 Å². The zero-order chi connectivity index (χ0) is 18.4. The van der Waals surface area contributed by atoms with Gasteiger partial charge >= 0.3 is 0 Å². The lowest BCUT2D eigenvalue weighted by molar-refractivity contribution is -0.116. The smallest absolute Gasteiger partial charge is 0.253 e. The van der Waals surface area contributed by atoms with Crippen LogP contribution in [0.25, 0.3) is 0 Å². The van der Waals surface area contributed by atoms with E-state index in [0.717, 1.165) is 25.7 Å². The summed E-state index contributed by atoms with van der Waals surface area (Å²) in [6.07, 6.45) is 4.67. The maximum Gasteiger partial charge on any atom is 0.253 e. The molecule has 146 valence electrons. The minimum Gasteiger partial charge on any atom is -0.349 e. The molecule has 5 nitrogen and oxygen atoms in total. The Hall–Kier alpha value is -1.30. The van der Waals surface area contributed by atoms with E-state index < -0.39 is 0 Å². The molecule has 2 rings (SSSR count). The van der Waals surface area contributed by atoms with Crippen molar-refractivity contribution in [2.45, 2.75) is 52.0 Å². The molecule has 2 amide bonds. The zero-order valence-electron chi connectivity index (χ0n) is 15.4. The fourth-order valence-corrected chi connectivity index (χ4v) is 3.49. The molecule has 0 spiro atoms. The number of benzene rings is 1. The standard InChI is InChI=1S/C19H28ClN3O2.ClH/c1-12(2)9-18(24)22-14-7-8-16(20)15(10-14)19(25)23-17-6-4-3-5-13(17)11-21;/h7-8,10,12-13,17H,3-6,9,11,21H2,1-2H3,(H,22,24)(H,23,25);1H. The molecule has 2 atom stereocenters. The molecule has 1 aliphatic rings. The van der Waals surface area contributed by atoms with E-state index in [0.29, 0.717) is 35.2 Å². The topological polar surface area (TPSA) is 84.2 Å². The summed E-state index contributed by atoms with van der Waals surface area (Å²) >= 11 is 6.20. The number of carbonyl (C=O) groups is 2. The van der Waals surface area contributed by atoms with Crippen molar-refractivity contribution >= 4 is 41.5 Å². The predicted molar refractivity (Wildman–Crippen MR) is 109 cm³/mol. The molecule has 1 aliphatic carbocycles. The fourth-order valence-electron chi connectivity index (χ4n) is 3.29. The summed E-state index contributed by atoms with van der Waals surface area (Å²) in [5.41, 5.74) is 6.79. The lowest BCUT2D eigenvalue weighted by atomic mass is 9.84. The molecule has 1 aromatic carbocycles. The van der Waals surface area contributed by atoms with Crippen LogP contribution in [-0.2, 0) is 4.79 Å². The predicted octanol–water partition coefficient (Wildman–Crippen LogP) is 3.99. The van der Waals surface area contributed by atoms with Crippen LogP contribution in [0.5, 0.6) is 0 Å². The highest BCUT2D eigenvalue weighted by molar-refractivity contribution is 6.34. The van der Waals surface area contributed by atoms with Crippen molar-refractivity contribution in [3.8, 4) is 0 Å². The van der Waals surface area contributed by atoms with E-state index in [1.165, 1.54) is 0 Å². The van der Waals surface area contributed by atoms with Gasteiger partial charge in [-0.05, 0) is 49.4 Å². The van der Waals surface area contributed by atoms with Gasteiger partial charge in [-0.3, -0.25) is 9.59 Å². The van der Waals surface area contributed by atoms with E-state index in [1.54, 1.807) is 18.2 Å². The van der Waals surface area contributed by atoms with Crippen LogP contribution in [0.3, 0.4) is 0 Å². The Morgan fingerprint density at radius 2 is 1.96 bits per heavy atom. The van der Waals surface area contributed by atoms with E-state index in [9.17, 15) is 9.59 Å². The van der Waals surface area contributed by atoms with Crippen LogP contribution in [0.1, 0.15) is 56.3 Å². The van der Waals surface area contributed by atoms with Crippen LogP contribution in [0.4, 0.5) is 5.69 Å². The van der Waals surface area contributed by atoms with Crippen LogP contribution in [0.2, 0.25) is 5.02 Å². The molecule has 0 heterocycles. The molecule has 1 aromatic rings. The molecule has 0 radical (unpaired) electrons. The Morgan fingerprint density at radius 1 is 1.27 bits per heavy atom. The molecule has 0 bridgehead atoms. The fraction of sp³-hybridized carbons (Fsp3) is 0.579. The quantitative estimate of drug-likeness (QED) is 0.673. The van der Waals surface area contributed by atoms with E-state index in [1.807, 2.05) is 13.8 Å². The first kappa shape index (κ1) is 22.7. The SMILES string of the molecule is CC(C)CC(=O)Nc1ccc(Cl)c(C(=O)NC2CCCCC2CN)c1.Cl. The van der Waals surface area contributed by atoms with Crippen molar-refractivity contribution in [1.29, 1.82) is 0 Å². The number of hydrogen-bond donors (Lipinski definition) is 3. The highest BCUT2D eigenvalue weighted by atomic mass is 35.5. The van der Waals surface area contributed by atoms with Crippen LogP contribution >= 0.6 is 24.0 Å². The molecular weight excluding hydrogens is 373 g/mol. The Labute approximate surface area is 166 Å². The summed E-state index contributed by atoms with van der Waals surface area (Å²) in [5.74, 6) is 0.300. The van der Waals surface area contributed by atoms with Crippen LogP contribution in [-0.4, -0.2) is 24.4 Å². The lowest BCUT2D eigenvalue weighted by Gasteiger charge is -2.31. The summed E-state index contributed by atoms with van der Waals surface area (Å²) in [6, 6.07) is 5.07. The van der Waals surface area contributed by atoms with Gasteiger partial charge in [0, 0.05) is 18.2 Å². The first-order chi connectivity index (χ1) is 11.9. The van der Waals surface area contributed by atoms with Crippen molar-refractivity contribution in [2.75, 3.05) is 11.9 Å². The number of nitrogens with two attached hydrogens (primary N) is 1. The van der Waals surface area contributed by atoms with E-state index in [4.69, 9.17) is 17.3 Å². The second kappa shape index (κ2) is 10.8. The maximum atomic E-state index is 12.7. The number of amides is 2. The lowest BCUT2D eigenvalue weighted by Crippen LogP contribution is -2.44. The van der Waals surface area contributed by atoms with Gasteiger partial charge in [-0.15, -0.1) is 12.4 Å². The summed E-state index contributed by atoms with van der Waals surface area (Å²) in [5, 5.41) is 6.27. The molecule has 7 heteroatoms. The average Bonchev–Trinajstić information content (AvgIpc) is 2.56. The van der Waals surface area contributed by atoms with Gasteiger partial charge in [0.15, 0.2) is 0 Å². The number of hydrogen-bond acceptors (Lipinski definition) is 3. The third-order valence-electron chi connectivity index (χ3n) is 4.62. The van der Waals surface area contributed by atoms with Crippen molar-refractivity contribution in [2.24, 2.45) is 17.6 Å². The minimum atomic E-state index is -0.213. The summed E-state index contributed by atoms with van der Waals surface area (Å²) in [4.78, 5) is 24.6. The van der Waals surface area contributed by atoms with Crippen molar-refractivity contribution in [3.05, 3.63) is 28.8 Å². The molecule has 2 unspecified atom stereocenters. The van der Waals surface area contributed by atoms with Gasteiger partial charge in [0.2, 0.25) is 5.91 Å². The molecule has 0 aromatic heterocycles. The highest BCUT2D eigenvalue weighted by Crippen LogP contribution is 2.25. The van der Waals surface area contributed by atoms with Crippen molar-refractivity contribution in [1.82, 2.24) is 5.32 Å². The number of rotatable bonds is 6. The second-order valence-electron chi connectivity index (χ2n) is 7.20. The van der Waals surface area contributed by atoms with Crippen molar-refractivity contribution in [3.63, 3.8) is 0 Å². The summed E-state index contributed by atoms with van der Waals surface area (Å²) in [6.45, 7) is 4.54. The van der Waals surface area contributed by atoms with Gasteiger partial charge in [-0.2, -0.15) is 0 Å². The first-order valence-corrected chi connectivity index (χ1v) is 9.38. The van der Waals surface area contributed by atoms with E-state index in [-0.39, 0.29) is 36.2 Å². The molecule has 1 fully saturated rings. The second-order valence-corrected chi connectivity index (χ2v) is 7.61. The molecule has 1 saturated carbocycles. The zero-order valence-corrected chi connectivity index (χ0v) is 17.0. The van der Waals surface area contributed by atoms with E-state index >= 15 is 0 Å². The van der Waals surface area contributed by atoms with Gasteiger partial charge in [-0.1, -0.05) is 38.3 Å². The minimum absolute atomic E-state index is 0. The average molecular weight is 402 g/mol. The van der Waals surface area contributed by atoms with Gasteiger partial charge in [-0.25, -0.2) is 0 Å². The number of halogens is 2. The van der Waals surface area contributed by atoms with Gasteiger partial charge < -0.3 is 16.4 Å². The third-order valence-corrected chi connectivity index (χ3v) is 4.95. The molecular formula is C19H29Cl2N3O2. The number of carbonyl (C=O) groups excluding carboxylic acids is 2. The Balaban J connectivity index is 0.00000338. The molecule has 0 aliphatic heterocycles. The normalized spacial score (nSPS) is 19.6. The number of nitrogens with one attached hydrogen (secondary N) is 2. The van der Waals surface area contributed by atoms with Gasteiger partial charge in [0.1, 0.15) is 0 Å². The third kappa shape index (κ3) is 6.45. The van der Waals surface area contributed by atoms with Crippen LogP contribution < -0.4 is 16.4 Å². The highest BCUT2D eigenvalue weighted by Gasteiger charge is 2.26. The van der Waals surface area contributed by atoms with Crippen LogP contribution in [0.15, 0.2) is 18.2 Å². The number of anilines is 1. The molecule has 26 heavy (non-hydrogen) atoms. The van der Waals surface area contributed by atoms with Gasteiger partial charge in [0.25, 0.3) is 5.91 Å². The summed E-state index contributed by atoms with van der Waals surface area (Å²) in [7, 11) is 0. The monoisotopic (exact) mass is 401 g/mol.